The molecule has 0 saturated carbocycles. The van der Waals surface area contributed by atoms with Gasteiger partial charge in [0.05, 0.1) is 6.26 Å². The molecule has 2 aromatic heterocycles. The summed E-state index contributed by atoms with van der Waals surface area (Å²) in [4.78, 5) is 16.8. The molecule has 5 heteroatoms. The van der Waals surface area contributed by atoms with Crippen molar-refractivity contribution < 1.29 is 13.6 Å². The van der Waals surface area contributed by atoms with E-state index in [1.165, 1.54) is 0 Å². The van der Waals surface area contributed by atoms with Gasteiger partial charge in [-0.15, -0.1) is 0 Å². The quantitative estimate of drug-likeness (QED) is 0.775. The maximum atomic E-state index is 12.4. The molecule has 0 bridgehead atoms. The van der Waals surface area contributed by atoms with Crippen LogP contribution in [0.2, 0.25) is 0 Å². The molecule has 0 unspecified atom stereocenters. The van der Waals surface area contributed by atoms with Gasteiger partial charge in [0.2, 0.25) is 0 Å². The normalized spacial score (nSPS) is 12.7. The van der Waals surface area contributed by atoms with Crippen LogP contribution in [0.4, 0.5) is 0 Å². The third-order valence-corrected chi connectivity index (χ3v) is 3.63. The van der Waals surface area contributed by atoms with E-state index >= 15 is 0 Å². The van der Waals surface area contributed by atoms with Crippen LogP contribution < -0.4 is 5.32 Å². The van der Waals surface area contributed by atoms with Crippen LogP contribution in [0.5, 0.6) is 0 Å². The molecule has 1 amide bonds. The van der Waals surface area contributed by atoms with E-state index in [2.05, 4.69) is 10.3 Å². The Kier molecular flexibility index (Phi) is 4.19. The molecule has 3 aromatic rings. The Bertz CT molecular complexity index is 803. The standard InChI is InChI=1S/C18H20N2O3/c1-11(2)18-20-15-7-6-13(10-16(15)23-18)17(21)19-12(3)9-14-5-4-8-22-14/h4-8,10-12H,9H2,1-3H3,(H,19,21)/t12-/m0/s1. The number of oxazole rings is 1. The summed E-state index contributed by atoms with van der Waals surface area (Å²) in [5.41, 5.74) is 1.98. The van der Waals surface area contributed by atoms with Gasteiger partial charge in [0.25, 0.3) is 5.91 Å². The highest BCUT2D eigenvalue weighted by atomic mass is 16.3. The lowest BCUT2D eigenvalue weighted by atomic mass is 10.1. The molecule has 0 saturated heterocycles. The first-order valence-electron chi connectivity index (χ1n) is 7.76. The average Bonchev–Trinajstić information content (AvgIpc) is 3.14. The Morgan fingerprint density at radius 3 is 2.78 bits per heavy atom. The zero-order chi connectivity index (χ0) is 16.4. The van der Waals surface area contributed by atoms with Crippen LogP contribution in [0.25, 0.3) is 11.1 Å². The number of carbonyl (C=O) groups excluding carboxylic acids is 1. The summed E-state index contributed by atoms with van der Waals surface area (Å²) in [5, 5.41) is 2.97. The molecule has 2 heterocycles. The van der Waals surface area contributed by atoms with Crippen molar-refractivity contribution in [2.75, 3.05) is 0 Å². The predicted molar refractivity (Wildman–Crippen MR) is 87.4 cm³/mol. The lowest BCUT2D eigenvalue weighted by Crippen LogP contribution is -2.33. The number of hydrogen-bond donors (Lipinski definition) is 1. The number of benzene rings is 1. The molecule has 0 spiro atoms. The van der Waals surface area contributed by atoms with Gasteiger partial charge < -0.3 is 14.2 Å². The monoisotopic (exact) mass is 312 g/mol. The molecule has 5 nitrogen and oxygen atoms in total. The fourth-order valence-electron chi connectivity index (χ4n) is 2.42. The lowest BCUT2D eigenvalue weighted by molar-refractivity contribution is 0.0939. The Labute approximate surface area is 134 Å². The summed E-state index contributed by atoms with van der Waals surface area (Å²) in [7, 11) is 0. The van der Waals surface area contributed by atoms with Crippen molar-refractivity contribution in [1.82, 2.24) is 10.3 Å². The van der Waals surface area contributed by atoms with Crippen molar-refractivity contribution in [3.8, 4) is 0 Å². The summed E-state index contributed by atoms with van der Waals surface area (Å²) in [6.45, 7) is 5.99. The molecule has 0 radical (unpaired) electrons. The van der Waals surface area contributed by atoms with Gasteiger partial charge in [0.15, 0.2) is 11.5 Å². The molecule has 0 fully saturated rings. The number of aromatic nitrogens is 1. The van der Waals surface area contributed by atoms with Crippen LogP contribution in [-0.4, -0.2) is 16.9 Å². The topological polar surface area (TPSA) is 68.3 Å². The van der Waals surface area contributed by atoms with Crippen molar-refractivity contribution in [2.45, 2.75) is 39.2 Å². The van der Waals surface area contributed by atoms with Gasteiger partial charge in [-0.1, -0.05) is 13.8 Å². The van der Waals surface area contributed by atoms with Gasteiger partial charge >= 0.3 is 0 Å². The molecule has 0 aliphatic heterocycles. The highest BCUT2D eigenvalue weighted by Crippen LogP contribution is 2.22. The fourth-order valence-corrected chi connectivity index (χ4v) is 2.42. The van der Waals surface area contributed by atoms with Crippen molar-refractivity contribution in [1.29, 1.82) is 0 Å². The number of hydrogen-bond acceptors (Lipinski definition) is 4. The number of rotatable bonds is 5. The fraction of sp³-hybridized carbons (Fsp3) is 0.333. The highest BCUT2D eigenvalue weighted by molar-refractivity contribution is 5.97. The van der Waals surface area contributed by atoms with Crippen LogP contribution in [0.15, 0.2) is 45.4 Å². The molecule has 1 N–H and O–H groups in total. The lowest BCUT2D eigenvalue weighted by Gasteiger charge is -2.12. The molecular weight excluding hydrogens is 292 g/mol. The summed E-state index contributed by atoms with van der Waals surface area (Å²) >= 11 is 0. The van der Waals surface area contributed by atoms with Crippen LogP contribution in [0.1, 0.15) is 48.7 Å². The molecule has 1 atom stereocenters. The summed E-state index contributed by atoms with van der Waals surface area (Å²) in [6, 6.07) is 9.04. The van der Waals surface area contributed by atoms with E-state index in [4.69, 9.17) is 8.83 Å². The molecular formula is C18H20N2O3. The Morgan fingerprint density at radius 1 is 1.26 bits per heavy atom. The van der Waals surface area contributed by atoms with E-state index in [1.807, 2.05) is 39.0 Å². The van der Waals surface area contributed by atoms with E-state index in [0.29, 0.717) is 23.5 Å². The van der Waals surface area contributed by atoms with E-state index in [-0.39, 0.29) is 17.9 Å². The maximum Gasteiger partial charge on any atom is 0.251 e. The van der Waals surface area contributed by atoms with Crippen molar-refractivity contribution in [3.63, 3.8) is 0 Å². The Morgan fingerprint density at radius 2 is 2.09 bits per heavy atom. The van der Waals surface area contributed by atoms with Gasteiger partial charge in [-0.2, -0.15) is 0 Å². The summed E-state index contributed by atoms with van der Waals surface area (Å²) in [5.74, 6) is 1.62. The summed E-state index contributed by atoms with van der Waals surface area (Å²) in [6.07, 6.45) is 2.29. The number of nitrogens with zero attached hydrogens (tertiary/aromatic N) is 1. The minimum absolute atomic E-state index is 0.0229. The Balaban J connectivity index is 1.72. The Hall–Kier alpha value is -2.56. The number of amides is 1. The largest absolute Gasteiger partial charge is 0.469 e. The van der Waals surface area contributed by atoms with E-state index < -0.39 is 0 Å². The van der Waals surface area contributed by atoms with Gasteiger partial charge in [-0.05, 0) is 37.3 Å². The van der Waals surface area contributed by atoms with E-state index in [0.717, 1.165) is 11.3 Å². The minimum Gasteiger partial charge on any atom is -0.469 e. The first kappa shape index (κ1) is 15.3. The average molecular weight is 312 g/mol. The number of nitrogens with one attached hydrogen (secondary N) is 1. The van der Waals surface area contributed by atoms with E-state index in [9.17, 15) is 4.79 Å². The minimum atomic E-state index is -0.131. The molecule has 120 valence electrons. The van der Waals surface area contributed by atoms with Crippen LogP contribution in [0.3, 0.4) is 0 Å². The van der Waals surface area contributed by atoms with Crippen molar-refractivity contribution in [3.05, 3.63) is 53.8 Å². The first-order chi connectivity index (χ1) is 11.0. The predicted octanol–water partition coefficient (Wildman–Crippen LogP) is 3.91. The van der Waals surface area contributed by atoms with Crippen LogP contribution >= 0.6 is 0 Å². The number of fused-ring (bicyclic) bond motifs is 1. The zero-order valence-corrected chi connectivity index (χ0v) is 13.5. The highest BCUT2D eigenvalue weighted by Gasteiger charge is 2.14. The zero-order valence-electron chi connectivity index (χ0n) is 13.5. The molecule has 0 aliphatic rings. The second kappa shape index (κ2) is 6.28. The van der Waals surface area contributed by atoms with Gasteiger partial charge in [0.1, 0.15) is 11.3 Å². The molecule has 0 aliphatic carbocycles. The van der Waals surface area contributed by atoms with Crippen molar-refractivity contribution in [2.24, 2.45) is 0 Å². The van der Waals surface area contributed by atoms with Gasteiger partial charge in [0, 0.05) is 23.9 Å². The second-order valence-corrected chi connectivity index (χ2v) is 6.05. The first-order valence-corrected chi connectivity index (χ1v) is 7.76. The molecule has 23 heavy (non-hydrogen) atoms. The van der Waals surface area contributed by atoms with Crippen LogP contribution in [0, 0.1) is 0 Å². The number of furan rings is 1. The third-order valence-electron chi connectivity index (χ3n) is 3.63. The van der Waals surface area contributed by atoms with E-state index in [1.54, 1.807) is 18.4 Å². The SMILES string of the molecule is CC(C)c1nc2ccc(C(=O)N[C@@H](C)Cc3ccco3)cc2o1. The molecule has 1 aromatic carbocycles. The van der Waals surface area contributed by atoms with Crippen LogP contribution in [-0.2, 0) is 6.42 Å². The number of carbonyl (C=O) groups is 1. The van der Waals surface area contributed by atoms with Gasteiger partial charge in [-0.3, -0.25) is 4.79 Å². The van der Waals surface area contributed by atoms with Crippen molar-refractivity contribution >= 4 is 17.0 Å². The maximum absolute atomic E-state index is 12.4. The summed E-state index contributed by atoms with van der Waals surface area (Å²) < 4.78 is 11.0. The van der Waals surface area contributed by atoms with Gasteiger partial charge in [-0.25, -0.2) is 4.98 Å². The third kappa shape index (κ3) is 3.44. The smallest absolute Gasteiger partial charge is 0.251 e. The molecule has 3 rings (SSSR count). The second-order valence-electron chi connectivity index (χ2n) is 6.05.